The van der Waals surface area contributed by atoms with Gasteiger partial charge in [-0.3, -0.25) is 9.79 Å². The molecule has 3 aliphatic rings. The summed E-state index contributed by atoms with van der Waals surface area (Å²) in [5.74, 6) is 1.29. The van der Waals surface area contributed by atoms with Crippen molar-refractivity contribution in [3.63, 3.8) is 0 Å². The van der Waals surface area contributed by atoms with Gasteiger partial charge in [0.05, 0.1) is 6.54 Å². The minimum Gasteiger partial charge on any atom is -0.357 e. The average molecular weight is 434 g/mol. The van der Waals surface area contributed by atoms with E-state index in [1.807, 2.05) is 4.90 Å². The van der Waals surface area contributed by atoms with Gasteiger partial charge in [-0.05, 0) is 44.4 Å². The lowest BCUT2D eigenvalue weighted by molar-refractivity contribution is -0.129. The fraction of sp³-hybridized carbons (Fsp3) is 0.882. The fourth-order valence-electron chi connectivity index (χ4n) is 4.01. The first-order valence-corrected chi connectivity index (χ1v) is 9.03. The van der Waals surface area contributed by atoms with Crippen molar-refractivity contribution in [1.29, 1.82) is 0 Å². The molecule has 0 atom stereocenters. The predicted octanol–water partition coefficient (Wildman–Crippen LogP) is 2.46. The zero-order valence-electron chi connectivity index (χ0n) is 14.4. The number of guanidine groups is 1. The molecular weight excluding hydrogens is 403 g/mol. The Morgan fingerprint density at radius 3 is 2.39 bits per heavy atom. The molecule has 1 aliphatic carbocycles. The molecule has 2 aliphatic heterocycles. The van der Waals surface area contributed by atoms with Gasteiger partial charge in [-0.15, -0.1) is 24.0 Å². The molecule has 23 heavy (non-hydrogen) atoms. The second kappa shape index (κ2) is 8.53. The van der Waals surface area contributed by atoms with Crippen LogP contribution < -0.4 is 5.32 Å². The molecule has 0 aromatic rings. The largest absolute Gasteiger partial charge is 0.357 e. The molecule has 6 heteroatoms. The standard InChI is InChI=1S/C17H30N4O.HI/c1-2-18-16(21-13-9-17(14-21)7-5-8-17)19-10-6-15(22)20-11-3-4-12-20;/h2-14H2,1H3,(H,18,19);1H. The monoisotopic (exact) mass is 434 g/mol. The molecule has 0 aromatic carbocycles. The van der Waals surface area contributed by atoms with Gasteiger partial charge in [-0.2, -0.15) is 0 Å². The minimum absolute atomic E-state index is 0. The summed E-state index contributed by atoms with van der Waals surface area (Å²) in [5.41, 5.74) is 0.585. The third kappa shape index (κ3) is 4.51. The van der Waals surface area contributed by atoms with Crippen molar-refractivity contribution < 1.29 is 4.79 Å². The van der Waals surface area contributed by atoms with Crippen LogP contribution in [0.5, 0.6) is 0 Å². The van der Waals surface area contributed by atoms with E-state index in [4.69, 9.17) is 4.99 Å². The summed E-state index contributed by atoms with van der Waals surface area (Å²) < 4.78 is 0. The molecule has 1 amide bonds. The second-order valence-corrected chi connectivity index (χ2v) is 7.10. The molecule has 0 radical (unpaired) electrons. The lowest BCUT2D eigenvalue weighted by Gasteiger charge is -2.38. The maximum Gasteiger partial charge on any atom is 0.224 e. The highest BCUT2D eigenvalue weighted by molar-refractivity contribution is 14.0. The van der Waals surface area contributed by atoms with E-state index in [0.29, 0.717) is 18.4 Å². The first kappa shape index (κ1) is 18.8. The Balaban J connectivity index is 0.00000192. The number of carbonyl (C=O) groups excluding carboxylic acids is 1. The molecule has 0 bridgehead atoms. The number of nitrogens with one attached hydrogen (secondary N) is 1. The van der Waals surface area contributed by atoms with E-state index in [1.54, 1.807) is 0 Å². The Bertz CT molecular complexity index is 430. The first-order valence-electron chi connectivity index (χ1n) is 9.03. The highest BCUT2D eigenvalue weighted by atomic mass is 127. The van der Waals surface area contributed by atoms with Crippen molar-refractivity contribution in [2.24, 2.45) is 10.4 Å². The van der Waals surface area contributed by atoms with Crippen LogP contribution in [0.3, 0.4) is 0 Å². The van der Waals surface area contributed by atoms with Crippen LogP contribution in [0, 0.1) is 5.41 Å². The third-order valence-electron chi connectivity index (χ3n) is 5.53. The van der Waals surface area contributed by atoms with Crippen molar-refractivity contribution >= 4 is 35.8 Å². The lowest BCUT2D eigenvalue weighted by Crippen LogP contribution is -2.42. The van der Waals surface area contributed by atoms with Crippen molar-refractivity contribution in [1.82, 2.24) is 15.1 Å². The summed E-state index contributed by atoms with van der Waals surface area (Å²) in [6, 6.07) is 0. The summed E-state index contributed by atoms with van der Waals surface area (Å²) in [4.78, 5) is 21.2. The number of amides is 1. The molecule has 3 rings (SSSR count). The molecule has 0 aromatic heterocycles. The van der Waals surface area contributed by atoms with E-state index in [0.717, 1.165) is 51.5 Å². The number of aliphatic imine (C=N–C) groups is 1. The number of halogens is 1. The summed E-state index contributed by atoms with van der Waals surface area (Å²) in [5, 5.41) is 3.40. The highest BCUT2D eigenvalue weighted by Crippen LogP contribution is 2.47. The average Bonchev–Trinajstić information content (AvgIpc) is 3.15. The number of carbonyl (C=O) groups is 1. The smallest absolute Gasteiger partial charge is 0.224 e. The Kier molecular flexibility index (Phi) is 6.98. The van der Waals surface area contributed by atoms with Gasteiger partial charge in [0.1, 0.15) is 0 Å². The third-order valence-corrected chi connectivity index (χ3v) is 5.53. The van der Waals surface area contributed by atoms with E-state index in [1.165, 1.54) is 25.7 Å². The van der Waals surface area contributed by atoms with Gasteiger partial charge < -0.3 is 15.1 Å². The van der Waals surface area contributed by atoms with Crippen LogP contribution in [0.25, 0.3) is 0 Å². The molecular formula is C17H31IN4O. The van der Waals surface area contributed by atoms with Crippen LogP contribution in [-0.2, 0) is 4.79 Å². The minimum atomic E-state index is 0. The van der Waals surface area contributed by atoms with Gasteiger partial charge >= 0.3 is 0 Å². The van der Waals surface area contributed by atoms with Crippen molar-refractivity contribution in [3.05, 3.63) is 0 Å². The zero-order valence-corrected chi connectivity index (χ0v) is 16.7. The molecule has 0 unspecified atom stereocenters. The molecule has 2 heterocycles. The second-order valence-electron chi connectivity index (χ2n) is 7.10. The Morgan fingerprint density at radius 2 is 1.83 bits per heavy atom. The Labute approximate surface area is 157 Å². The van der Waals surface area contributed by atoms with Crippen LogP contribution in [0.4, 0.5) is 0 Å². The fourth-order valence-corrected chi connectivity index (χ4v) is 4.01. The maximum atomic E-state index is 12.1. The molecule has 5 nitrogen and oxygen atoms in total. The number of rotatable bonds is 4. The van der Waals surface area contributed by atoms with E-state index >= 15 is 0 Å². The summed E-state index contributed by atoms with van der Waals surface area (Å²) in [7, 11) is 0. The van der Waals surface area contributed by atoms with Gasteiger partial charge in [-0.1, -0.05) is 6.42 Å². The van der Waals surface area contributed by atoms with Crippen molar-refractivity contribution in [3.8, 4) is 0 Å². The normalized spacial score (nSPS) is 22.9. The van der Waals surface area contributed by atoms with Gasteiger partial charge in [0.25, 0.3) is 0 Å². The molecule has 2 saturated heterocycles. The van der Waals surface area contributed by atoms with Crippen LogP contribution in [0.15, 0.2) is 4.99 Å². The summed E-state index contributed by atoms with van der Waals surface area (Å²) in [6.07, 6.45) is 8.34. The van der Waals surface area contributed by atoms with Crippen LogP contribution in [-0.4, -0.2) is 60.9 Å². The van der Waals surface area contributed by atoms with Crippen LogP contribution in [0.1, 0.15) is 51.9 Å². The van der Waals surface area contributed by atoms with Crippen molar-refractivity contribution in [2.45, 2.75) is 51.9 Å². The predicted molar refractivity (Wildman–Crippen MR) is 104 cm³/mol. The Hall–Kier alpha value is -0.530. The number of nitrogens with zero attached hydrogens (tertiary/aromatic N) is 3. The summed E-state index contributed by atoms with van der Waals surface area (Å²) >= 11 is 0. The van der Waals surface area contributed by atoms with Gasteiger partial charge in [0.2, 0.25) is 5.91 Å². The topological polar surface area (TPSA) is 47.9 Å². The molecule has 1 spiro atoms. The number of hydrogen-bond acceptors (Lipinski definition) is 2. The van der Waals surface area contributed by atoms with Crippen LogP contribution in [0.2, 0.25) is 0 Å². The SMILES string of the molecule is CCNC(=NCCC(=O)N1CCCC1)N1CCC2(CCC2)C1.I. The zero-order chi connectivity index (χ0) is 15.4. The van der Waals surface area contributed by atoms with E-state index in [-0.39, 0.29) is 29.9 Å². The number of hydrogen-bond donors (Lipinski definition) is 1. The maximum absolute atomic E-state index is 12.1. The molecule has 132 valence electrons. The Morgan fingerprint density at radius 1 is 1.09 bits per heavy atom. The van der Waals surface area contributed by atoms with E-state index in [2.05, 4.69) is 17.1 Å². The molecule has 1 saturated carbocycles. The highest BCUT2D eigenvalue weighted by Gasteiger charge is 2.43. The van der Waals surface area contributed by atoms with Crippen LogP contribution >= 0.6 is 24.0 Å². The van der Waals surface area contributed by atoms with E-state index < -0.39 is 0 Å². The number of likely N-dealkylation sites (tertiary alicyclic amines) is 2. The molecule has 3 fully saturated rings. The lowest BCUT2D eigenvalue weighted by atomic mass is 9.68. The first-order chi connectivity index (χ1) is 10.7. The van der Waals surface area contributed by atoms with Gasteiger partial charge in [-0.25, -0.2) is 0 Å². The van der Waals surface area contributed by atoms with Gasteiger partial charge in [0.15, 0.2) is 5.96 Å². The van der Waals surface area contributed by atoms with Crippen molar-refractivity contribution in [2.75, 3.05) is 39.3 Å². The van der Waals surface area contributed by atoms with Gasteiger partial charge in [0, 0.05) is 39.1 Å². The quantitative estimate of drug-likeness (QED) is 0.420. The molecule has 1 N–H and O–H groups in total. The van der Waals surface area contributed by atoms with E-state index in [9.17, 15) is 4.79 Å². The summed E-state index contributed by atoms with van der Waals surface area (Å²) in [6.45, 7) is 7.77.